The lowest BCUT2D eigenvalue weighted by molar-refractivity contribution is -0.118. The lowest BCUT2D eigenvalue weighted by Crippen LogP contribution is -2.39. The third kappa shape index (κ3) is 3.89. The molecule has 25 heavy (non-hydrogen) atoms. The number of oxazole rings is 1. The number of aromatic nitrogens is 3. The molecule has 2 N–H and O–H groups in total. The van der Waals surface area contributed by atoms with Crippen LogP contribution < -0.4 is 5.73 Å². The summed E-state index contributed by atoms with van der Waals surface area (Å²) in [6.07, 6.45) is 6.42. The van der Waals surface area contributed by atoms with Crippen LogP contribution in [0.5, 0.6) is 0 Å². The SMILES string of the molecule is Cc1oc(-c2cnn(C)c2)nc1C(=O)N1CCC(CCC(N)=O)CC1. The normalized spacial score (nSPS) is 15.5. The molecule has 2 amide bonds. The maximum atomic E-state index is 12.8. The van der Waals surface area contributed by atoms with E-state index in [-0.39, 0.29) is 11.8 Å². The second kappa shape index (κ2) is 7.08. The van der Waals surface area contributed by atoms with Crippen LogP contribution in [0, 0.1) is 12.8 Å². The van der Waals surface area contributed by atoms with Crippen molar-refractivity contribution in [3.63, 3.8) is 0 Å². The molecule has 2 aromatic rings. The summed E-state index contributed by atoms with van der Waals surface area (Å²) in [5.41, 5.74) is 6.30. The number of carbonyl (C=O) groups is 2. The fourth-order valence-electron chi connectivity index (χ4n) is 3.17. The van der Waals surface area contributed by atoms with Gasteiger partial charge in [-0.1, -0.05) is 0 Å². The van der Waals surface area contributed by atoms with Gasteiger partial charge in [-0.15, -0.1) is 0 Å². The van der Waals surface area contributed by atoms with E-state index >= 15 is 0 Å². The highest BCUT2D eigenvalue weighted by atomic mass is 16.4. The Bertz CT molecular complexity index is 771. The van der Waals surface area contributed by atoms with Gasteiger partial charge in [-0.2, -0.15) is 5.10 Å². The van der Waals surface area contributed by atoms with Crippen LogP contribution in [-0.4, -0.2) is 44.6 Å². The number of piperidine rings is 1. The van der Waals surface area contributed by atoms with Crippen LogP contribution in [0.2, 0.25) is 0 Å². The van der Waals surface area contributed by atoms with Gasteiger partial charge in [-0.25, -0.2) is 4.98 Å². The minimum absolute atomic E-state index is 0.107. The Kier molecular flexibility index (Phi) is 4.87. The number of aryl methyl sites for hydroxylation is 2. The molecule has 1 saturated heterocycles. The predicted molar refractivity (Wildman–Crippen MR) is 90.5 cm³/mol. The molecule has 8 nitrogen and oxygen atoms in total. The minimum Gasteiger partial charge on any atom is -0.440 e. The molecule has 2 aromatic heterocycles. The standard InChI is InChI=1S/C17H23N5O3/c1-11-15(20-16(25-11)13-9-19-21(2)10-13)17(24)22-7-5-12(6-8-22)3-4-14(18)23/h9-10,12H,3-8H2,1-2H3,(H2,18,23). The molecule has 1 aliphatic heterocycles. The smallest absolute Gasteiger partial charge is 0.276 e. The van der Waals surface area contributed by atoms with Crippen molar-refractivity contribution in [2.24, 2.45) is 18.7 Å². The van der Waals surface area contributed by atoms with Crippen LogP contribution in [0.4, 0.5) is 0 Å². The van der Waals surface area contributed by atoms with Crippen molar-refractivity contribution in [2.75, 3.05) is 13.1 Å². The summed E-state index contributed by atoms with van der Waals surface area (Å²) in [5.74, 6) is 0.996. The van der Waals surface area contributed by atoms with E-state index in [4.69, 9.17) is 10.2 Å². The van der Waals surface area contributed by atoms with E-state index in [0.29, 0.717) is 42.8 Å². The molecular weight excluding hydrogens is 322 g/mol. The summed E-state index contributed by atoms with van der Waals surface area (Å²) in [6.45, 7) is 3.08. The molecule has 8 heteroatoms. The fourth-order valence-corrected chi connectivity index (χ4v) is 3.17. The number of nitrogens with zero attached hydrogens (tertiary/aromatic N) is 4. The molecule has 1 fully saturated rings. The maximum Gasteiger partial charge on any atom is 0.276 e. The first-order valence-electron chi connectivity index (χ1n) is 8.48. The molecule has 0 saturated carbocycles. The highest BCUT2D eigenvalue weighted by Gasteiger charge is 2.27. The van der Waals surface area contributed by atoms with E-state index in [1.807, 2.05) is 7.05 Å². The van der Waals surface area contributed by atoms with Crippen LogP contribution in [-0.2, 0) is 11.8 Å². The van der Waals surface area contributed by atoms with Crippen molar-refractivity contribution in [3.05, 3.63) is 23.8 Å². The van der Waals surface area contributed by atoms with Crippen LogP contribution in [0.3, 0.4) is 0 Å². The summed E-state index contributed by atoms with van der Waals surface area (Å²) in [5, 5.41) is 4.09. The summed E-state index contributed by atoms with van der Waals surface area (Å²) in [4.78, 5) is 29.8. The quantitative estimate of drug-likeness (QED) is 0.883. The summed E-state index contributed by atoms with van der Waals surface area (Å²) in [6, 6.07) is 0. The van der Waals surface area contributed by atoms with Gasteiger partial charge in [0.15, 0.2) is 5.69 Å². The zero-order valence-electron chi connectivity index (χ0n) is 14.6. The number of amides is 2. The first kappa shape index (κ1) is 17.2. The number of primary amides is 1. The highest BCUT2D eigenvalue weighted by molar-refractivity contribution is 5.93. The fraction of sp³-hybridized carbons (Fsp3) is 0.529. The monoisotopic (exact) mass is 345 g/mol. The van der Waals surface area contributed by atoms with Crippen molar-refractivity contribution in [3.8, 4) is 11.5 Å². The van der Waals surface area contributed by atoms with Gasteiger partial charge >= 0.3 is 0 Å². The lowest BCUT2D eigenvalue weighted by Gasteiger charge is -2.31. The summed E-state index contributed by atoms with van der Waals surface area (Å²) in [7, 11) is 1.81. The van der Waals surface area contributed by atoms with Crippen LogP contribution in [0.1, 0.15) is 41.9 Å². The van der Waals surface area contributed by atoms with Crippen molar-refractivity contribution in [1.29, 1.82) is 0 Å². The van der Waals surface area contributed by atoms with E-state index in [9.17, 15) is 9.59 Å². The third-order valence-electron chi connectivity index (χ3n) is 4.65. The highest BCUT2D eigenvalue weighted by Crippen LogP contribution is 2.25. The minimum atomic E-state index is -0.264. The Labute approximate surface area is 146 Å². The lowest BCUT2D eigenvalue weighted by atomic mass is 9.92. The average Bonchev–Trinajstić information content (AvgIpc) is 3.18. The Morgan fingerprint density at radius 1 is 1.36 bits per heavy atom. The van der Waals surface area contributed by atoms with E-state index in [1.165, 1.54) is 0 Å². The first-order valence-corrected chi connectivity index (χ1v) is 8.48. The van der Waals surface area contributed by atoms with E-state index in [0.717, 1.165) is 24.8 Å². The van der Waals surface area contributed by atoms with Crippen molar-refractivity contribution >= 4 is 11.8 Å². The summed E-state index contributed by atoms with van der Waals surface area (Å²) < 4.78 is 7.31. The summed E-state index contributed by atoms with van der Waals surface area (Å²) >= 11 is 0. The maximum absolute atomic E-state index is 12.8. The van der Waals surface area contributed by atoms with Crippen LogP contribution >= 0.6 is 0 Å². The first-order chi connectivity index (χ1) is 11.9. The zero-order valence-corrected chi connectivity index (χ0v) is 14.6. The Balaban J connectivity index is 1.64. The van der Waals surface area contributed by atoms with Gasteiger partial charge in [0.25, 0.3) is 5.91 Å². The Morgan fingerprint density at radius 2 is 2.08 bits per heavy atom. The number of nitrogens with two attached hydrogens (primary N) is 1. The van der Waals surface area contributed by atoms with E-state index in [1.54, 1.807) is 28.9 Å². The van der Waals surface area contributed by atoms with Gasteiger partial charge in [0.05, 0.1) is 11.8 Å². The van der Waals surface area contributed by atoms with Crippen LogP contribution in [0.15, 0.2) is 16.8 Å². The molecule has 0 radical (unpaired) electrons. The molecule has 3 rings (SSSR count). The van der Waals surface area contributed by atoms with Gasteiger partial charge < -0.3 is 15.1 Å². The number of rotatable bonds is 5. The molecule has 0 aliphatic carbocycles. The van der Waals surface area contributed by atoms with Crippen molar-refractivity contribution < 1.29 is 14.0 Å². The van der Waals surface area contributed by atoms with Gasteiger partial charge in [-0.3, -0.25) is 14.3 Å². The van der Waals surface area contributed by atoms with E-state index in [2.05, 4.69) is 10.1 Å². The molecule has 0 aromatic carbocycles. The topological polar surface area (TPSA) is 107 Å². The zero-order chi connectivity index (χ0) is 18.0. The molecule has 1 aliphatic rings. The number of hydrogen-bond donors (Lipinski definition) is 1. The van der Waals surface area contributed by atoms with Gasteiger partial charge in [-0.05, 0) is 32.1 Å². The van der Waals surface area contributed by atoms with Crippen molar-refractivity contribution in [2.45, 2.75) is 32.6 Å². The molecule has 0 unspecified atom stereocenters. The van der Waals surface area contributed by atoms with Crippen molar-refractivity contribution in [1.82, 2.24) is 19.7 Å². The second-order valence-electron chi connectivity index (χ2n) is 6.57. The van der Waals surface area contributed by atoms with Crippen LogP contribution in [0.25, 0.3) is 11.5 Å². The molecule has 3 heterocycles. The molecule has 0 bridgehead atoms. The molecular formula is C17H23N5O3. The van der Waals surface area contributed by atoms with Gasteiger partial charge in [0, 0.05) is 32.8 Å². The number of carbonyl (C=O) groups excluding carboxylic acids is 2. The van der Waals surface area contributed by atoms with E-state index < -0.39 is 0 Å². The predicted octanol–water partition coefficient (Wildman–Crippen LogP) is 1.50. The molecule has 0 spiro atoms. The van der Waals surface area contributed by atoms with Gasteiger partial charge in [0.1, 0.15) is 5.76 Å². The third-order valence-corrected chi connectivity index (χ3v) is 4.65. The molecule has 134 valence electrons. The molecule has 0 atom stereocenters. The Morgan fingerprint density at radius 3 is 2.68 bits per heavy atom. The Hall–Kier alpha value is -2.64. The average molecular weight is 345 g/mol. The number of hydrogen-bond acceptors (Lipinski definition) is 5. The largest absolute Gasteiger partial charge is 0.440 e. The second-order valence-corrected chi connectivity index (χ2v) is 6.57. The number of likely N-dealkylation sites (tertiary alicyclic amines) is 1. The van der Waals surface area contributed by atoms with Gasteiger partial charge in [0.2, 0.25) is 11.8 Å².